The maximum Gasteiger partial charge on any atom is 0.290 e. The number of fused-ring (bicyclic) bond motifs is 1. The minimum absolute atomic E-state index is 0.159. The molecule has 0 unspecified atom stereocenters. The van der Waals surface area contributed by atoms with Gasteiger partial charge in [0.2, 0.25) is 5.95 Å². The first kappa shape index (κ1) is 12.7. The van der Waals surface area contributed by atoms with Gasteiger partial charge in [0.25, 0.3) is 5.24 Å². The van der Waals surface area contributed by atoms with Crippen LogP contribution in [0, 0.1) is 6.92 Å². The van der Waals surface area contributed by atoms with Crippen molar-refractivity contribution in [2.75, 3.05) is 5.32 Å². The van der Waals surface area contributed by atoms with Crippen LogP contribution in [0.2, 0.25) is 0 Å². The summed E-state index contributed by atoms with van der Waals surface area (Å²) in [5.74, 6) is 0.468. The van der Waals surface area contributed by atoms with Crippen LogP contribution in [0.15, 0.2) is 53.4 Å². The molecule has 1 aromatic heterocycles. The number of hydrogen-bond donors (Lipinski definition) is 2. The molecule has 0 aliphatic heterocycles. The molecule has 0 spiro atoms. The van der Waals surface area contributed by atoms with Crippen molar-refractivity contribution in [1.82, 2.24) is 9.97 Å². The largest absolute Gasteiger partial charge is 0.324 e. The fourth-order valence-corrected chi connectivity index (χ4v) is 2.48. The molecule has 4 nitrogen and oxygen atoms in total. The fraction of sp³-hybridized carbons (Fsp3) is 0.0667. The van der Waals surface area contributed by atoms with Crippen LogP contribution in [0.5, 0.6) is 0 Å². The number of aromatic amines is 1. The lowest BCUT2D eigenvalue weighted by molar-refractivity contribution is 0.269. The number of imidazole rings is 1. The number of hydrogen-bond acceptors (Lipinski definition) is 3. The quantitative estimate of drug-likeness (QED) is 0.693. The van der Waals surface area contributed by atoms with Gasteiger partial charge in [-0.05, 0) is 43.0 Å². The Labute approximate surface area is 120 Å². The molecule has 0 aliphatic rings. The highest BCUT2D eigenvalue weighted by atomic mass is 32.2. The van der Waals surface area contributed by atoms with Gasteiger partial charge >= 0.3 is 0 Å². The average Bonchev–Trinajstić information content (AvgIpc) is 2.83. The number of thioether (sulfide) groups is 1. The summed E-state index contributed by atoms with van der Waals surface area (Å²) in [4.78, 5) is 20.2. The first-order valence-electron chi connectivity index (χ1n) is 6.21. The molecule has 2 aromatic carbocycles. The van der Waals surface area contributed by atoms with E-state index >= 15 is 0 Å². The second kappa shape index (κ2) is 5.38. The predicted octanol–water partition coefficient (Wildman–Crippen LogP) is 4.20. The maximum absolute atomic E-state index is 11.9. The number of amides is 1. The van der Waals surface area contributed by atoms with Crippen LogP contribution < -0.4 is 5.32 Å². The molecule has 0 radical (unpaired) electrons. The molecule has 0 saturated carbocycles. The van der Waals surface area contributed by atoms with Crippen molar-refractivity contribution in [2.45, 2.75) is 11.8 Å². The summed E-state index contributed by atoms with van der Waals surface area (Å²) >= 11 is 1.15. The number of para-hydroxylation sites is 2. The summed E-state index contributed by atoms with van der Waals surface area (Å²) in [6, 6.07) is 15.5. The molecular formula is C15H13N3OS. The standard InChI is InChI=1S/C15H13N3OS/c1-10-6-8-11(9-7-10)20-15(19)18-14-16-12-4-2-3-5-13(12)17-14/h2-9H,1H3,(H2,16,17,18,19). The van der Waals surface area contributed by atoms with Gasteiger partial charge in [-0.25, -0.2) is 4.98 Å². The number of nitrogens with zero attached hydrogens (tertiary/aromatic N) is 1. The molecule has 20 heavy (non-hydrogen) atoms. The van der Waals surface area contributed by atoms with Gasteiger partial charge in [-0.15, -0.1) is 0 Å². The summed E-state index contributed by atoms with van der Waals surface area (Å²) in [5.41, 5.74) is 2.92. The Balaban J connectivity index is 1.70. The third-order valence-corrected chi connectivity index (χ3v) is 3.64. The van der Waals surface area contributed by atoms with E-state index in [0.29, 0.717) is 5.95 Å². The second-order valence-corrected chi connectivity index (χ2v) is 5.48. The zero-order valence-electron chi connectivity index (χ0n) is 10.9. The zero-order chi connectivity index (χ0) is 13.9. The van der Waals surface area contributed by atoms with Gasteiger partial charge in [-0.3, -0.25) is 10.1 Å². The SMILES string of the molecule is Cc1ccc(SC(=O)Nc2nc3ccccc3[nH]2)cc1. The van der Waals surface area contributed by atoms with Crippen LogP contribution in [0.1, 0.15) is 5.56 Å². The van der Waals surface area contributed by atoms with Gasteiger partial charge < -0.3 is 4.98 Å². The van der Waals surface area contributed by atoms with E-state index < -0.39 is 0 Å². The number of carbonyl (C=O) groups excluding carboxylic acids is 1. The van der Waals surface area contributed by atoms with E-state index in [4.69, 9.17) is 0 Å². The number of H-pyrrole nitrogens is 1. The lowest BCUT2D eigenvalue weighted by Crippen LogP contribution is -2.05. The average molecular weight is 283 g/mol. The van der Waals surface area contributed by atoms with Crippen LogP contribution >= 0.6 is 11.8 Å². The Morgan fingerprint density at radius 1 is 1.15 bits per heavy atom. The molecule has 3 aromatic rings. The molecule has 1 heterocycles. The molecule has 1 amide bonds. The highest BCUT2D eigenvalue weighted by Gasteiger charge is 2.08. The zero-order valence-corrected chi connectivity index (χ0v) is 11.7. The summed E-state index contributed by atoms with van der Waals surface area (Å²) in [7, 11) is 0. The van der Waals surface area contributed by atoms with Crippen LogP contribution in [0.25, 0.3) is 11.0 Å². The molecule has 100 valence electrons. The lowest BCUT2D eigenvalue weighted by atomic mass is 10.2. The van der Waals surface area contributed by atoms with Crippen molar-refractivity contribution in [3.05, 3.63) is 54.1 Å². The highest BCUT2D eigenvalue weighted by Crippen LogP contribution is 2.21. The summed E-state index contributed by atoms with van der Waals surface area (Å²) in [6.07, 6.45) is 0. The van der Waals surface area contributed by atoms with Crippen LogP contribution in [0.4, 0.5) is 10.7 Å². The highest BCUT2D eigenvalue weighted by molar-refractivity contribution is 8.13. The summed E-state index contributed by atoms with van der Waals surface area (Å²) in [6.45, 7) is 2.02. The van der Waals surface area contributed by atoms with Gasteiger partial charge in [0.15, 0.2) is 0 Å². The van der Waals surface area contributed by atoms with E-state index in [9.17, 15) is 4.79 Å². The molecule has 2 N–H and O–H groups in total. The minimum Gasteiger partial charge on any atom is -0.324 e. The second-order valence-electron chi connectivity index (χ2n) is 4.43. The van der Waals surface area contributed by atoms with Crippen molar-refractivity contribution >= 4 is 34.0 Å². The van der Waals surface area contributed by atoms with E-state index in [1.165, 1.54) is 5.56 Å². The Morgan fingerprint density at radius 2 is 1.90 bits per heavy atom. The predicted molar refractivity (Wildman–Crippen MR) is 82.1 cm³/mol. The number of aromatic nitrogens is 2. The smallest absolute Gasteiger partial charge is 0.290 e. The van der Waals surface area contributed by atoms with Gasteiger partial charge in [0.1, 0.15) is 0 Å². The van der Waals surface area contributed by atoms with Crippen LogP contribution in [-0.2, 0) is 0 Å². The van der Waals surface area contributed by atoms with Crippen LogP contribution in [0.3, 0.4) is 0 Å². The number of rotatable bonds is 2. The van der Waals surface area contributed by atoms with E-state index in [2.05, 4.69) is 15.3 Å². The van der Waals surface area contributed by atoms with E-state index in [0.717, 1.165) is 27.7 Å². The molecule has 3 rings (SSSR count). The van der Waals surface area contributed by atoms with Crippen molar-refractivity contribution in [2.24, 2.45) is 0 Å². The topological polar surface area (TPSA) is 57.8 Å². The maximum atomic E-state index is 11.9. The Bertz CT molecular complexity index is 716. The van der Waals surface area contributed by atoms with Gasteiger partial charge in [-0.2, -0.15) is 0 Å². The Morgan fingerprint density at radius 3 is 2.65 bits per heavy atom. The molecule has 0 fully saturated rings. The molecule has 0 bridgehead atoms. The molecule has 0 saturated heterocycles. The third kappa shape index (κ3) is 2.83. The normalized spacial score (nSPS) is 10.7. The summed E-state index contributed by atoms with van der Waals surface area (Å²) < 4.78 is 0. The van der Waals surface area contributed by atoms with Crippen molar-refractivity contribution < 1.29 is 4.79 Å². The fourth-order valence-electron chi connectivity index (χ4n) is 1.85. The number of aryl methyl sites for hydroxylation is 1. The molecule has 5 heteroatoms. The minimum atomic E-state index is -0.159. The number of anilines is 1. The third-order valence-electron chi connectivity index (χ3n) is 2.84. The van der Waals surface area contributed by atoms with E-state index in [1.807, 2.05) is 55.5 Å². The Kier molecular flexibility index (Phi) is 3.43. The van der Waals surface area contributed by atoms with Crippen LogP contribution in [-0.4, -0.2) is 15.2 Å². The van der Waals surface area contributed by atoms with Gasteiger partial charge in [0.05, 0.1) is 11.0 Å². The van der Waals surface area contributed by atoms with Crippen molar-refractivity contribution in [1.29, 1.82) is 0 Å². The molecule has 0 atom stereocenters. The lowest BCUT2D eigenvalue weighted by Gasteiger charge is -2.01. The number of nitrogens with one attached hydrogen (secondary N) is 2. The van der Waals surface area contributed by atoms with Crippen molar-refractivity contribution in [3.63, 3.8) is 0 Å². The first-order chi connectivity index (χ1) is 9.70. The molecule has 0 aliphatic carbocycles. The monoisotopic (exact) mass is 283 g/mol. The summed E-state index contributed by atoms with van der Waals surface area (Å²) in [5, 5.41) is 2.59. The Hall–Kier alpha value is -2.27. The van der Waals surface area contributed by atoms with Gasteiger partial charge in [0, 0.05) is 4.90 Å². The number of carbonyl (C=O) groups is 1. The van der Waals surface area contributed by atoms with E-state index in [-0.39, 0.29) is 5.24 Å². The van der Waals surface area contributed by atoms with Gasteiger partial charge in [-0.1, -0.05) is 29.8 Å². The molecular weight excluding hydrogens is 270 g/mol. The first-order valence-corrected chi connectivity index (χ1v) is 7.02. The van der Waals surface area contributed by atoms with Crippen molar-refractivity contribution in [3.8, 4) is 0 Å². The van der Waals surface area contributed by atoms with E-state index in [1.54, 1.807) is 0 Å². The number of benzene rings is 2.